The van der Waals surface area contributed by atoms with Gasteiger partial charge in [0.1, 0.15) is 11.9 Å². The molecule has 1 rings (SSSR count). The maximum Gasteiger partial charge on any atom is 0.326 e. The number of carbonyl (C=O) groups excluding carboxylic acids is 1. The predicted octanol–water partition coefficient (Wildman–Crippen LogP) is 2.47. The first-order chi connectivity index (χ1) is 9.85. The molecule has 2 atom stereocenters. The summed E-state index contributed by atoms with van der Waals surface area (Å²) in [5, 5.41) is 11.7. The lowest BCUT2D eigenvalue weighted by molar-refractivity contribution is -0.140. The SMILES string of the molecule is CCC(C)C(NC(=O)N(C)Cc1ccc(F)cc1)C(=O)O. The Morgan fingerprint density at radius 3 is 2.38 bits per heavy atom. The van der Waals surface area contributed by atoms with Crippen molar-refractivity contribution in [2.24, 2.45) is 5.92 Å². The first kappa shape index (κ1) is 16.9. The van der Waals surface area contributed by atoms with Crippen molar-refractivity contribution in [1.82, 2.24) is 10.2 Å². The van der Waals surface area contributed by atoms with Crippen LogP contribution in [0.15, 0.2) is 24.3 Å². The van der Waals surface area contributed by atoms with E-state index in [1.807, 2.05) is 6.92 Å². The fourth-order valence-corrected chi connectivity index (χ4v) is 1.86. The first-order valence-electron chi connectivity index (χ1n) is 6.84. The highest BCUT2D eigenvalue weighted by molar-refractivity contribution is 5.82. The third-order valence-corrected chi connectivity index (χ3v) is 3.44. The van der Waals surface area contributed by atoms with Crippen LogP contribution in [0.5, 0.6) is 0 Å². The number of halogens is 1. The van der Waals surface area contributed by atoms with Crippen LogP contribution in [0.1, 0.15) is 25.8 Å². The second kappa shape index (κ2) is 7.61. The van der Waals surface area contributed by atoms with Gasteiger partial charge in [0.05, 0.1) is 0 Å². The summed E-state index contributed by atoms with van der Waals surface area (Å²) in [6, 6.07) is 4.43. The second-order valence-corrected chi connectivity index (χ2v) is 5.13. The monoisotopic (exact) mass is 296 g/mol. The number of aliphatic carboxylic acids is 1. The molecule has 116 valence electrons. The van der Waals surface area contributed by atoms with E-state index in [2.05, 4.69) is 5.32 Å². The van der Waals surface area contributed by atoms with Gasteiger partial charge < -0.3 is 15.3 Å². The molecule has 0 saturated heterocycles. The van der Waals surface area contributed by atoms with Gasteiger partial charge in [0.2, 0.25) is 0 Å². The molecule has 2 unspecified atom stereocenters. The van der Waals surface area contributed by atoms with Gasteiger partial charge in [-0.3, -0.25) is 0 Å². The molecule has 6 heteroatoms. The van der Waals surface area contributed by atoms with Crippen LogP contribution in [0.4, 0.5) is 9.18 Å². The number of carbonyl (C=O) groups is 2. The van der Waals surface area contributed by atoms with E-state index >= 15 is 0 Å². The molecule has 0 bridgehead atoms. The number of carboxylic acid groups (broad SMARTS) is 1. The highest BCUT2D eigenvalue weighted by Gasteiger charge is 2.26. The lowest BCUT2D eigenvalue weighted by atomic mass is 9.99. The Hall–Kier alpha value is -2.11. The lowest BCUT2D eigenvalue weighted by Crippen LogP contribution is -2.49. The van der Waals surface area contributed by atoms with Crippen molar-refractivity contribution in [2.75, 3.05) is 7.05 Å². The summed E-state index contributed by atoms with van der Waals surface area (Å²) < 4.78 is 12.8. The van der Waals surface area contributed by atoms with Crippen LogP contribution in [0.3, 0.4) is 0 Å². The molecular formula is C15H21FN2O3. The number of amides is 2. The second-order valence-electron chi connectivity index (χ2n) is 5.13. The molecule has 0 aliphatic carbocycles. The zero-order valence-corrected chi connectivity index (χ0v) is 12.5. The quantitative estimate of drug-likeness (QED) is 0.847. The summed E-state index contributed by atoms with van der Waals surface area (Å²) in [5.74, 6) is -1.55. The summed E-state index contributed by atoms with van der Waals surface area (Å²) in [6.45, 7) is 3.92. The standard InChI is InChI=1S/C15H21FN2O3/c1-4-10(2)13(14(19)20)17-15(21)18(3)9-11-5-7-12(16)8-6-11/h5-8,10,13H,4,9H2,1-3H3,(H,17,21)(H,19,20). The number of rotatable bonds is 6. The molecular weight excluding hydrogens is 275 g/mol. The molecule has 1 aromatic rings. The van der Waals surface area contributed by atoms with E-state index in [1.54, 1.807) is 26.1 Å². The highest BCUT2D eigenvalue weighted by atomic mass is 19.1. The van der Waals surface area contributed by atoms with Gasteiger partial charge in [0, 0.05) is 13.6 Å². The third-order valence-electron chi connectivity index (χ3n) is 3.44. The van der Waals surface area contributed by atoms with E-state index in [0.29, 0.717) is 6.42 Å². The molecule has 5 nitrogen and oxygen atoms in total. The van der Waals surface area contributed by atoms with Crippen LogP contribution in [0.25, 0.3) is 0 Å². The van der Waals surface area contributed by atoms with Crippen molar-refractivity contribution in [1.29, 1.82) is 0 Å². The normalized spacial score (nSPS) is 13.3. The Morgan fingerprint density at radius 1 is 1.33 bits per heavy atom. The van der Waals surface area contributed by atoms with Crippen molar-refractivity contribution in [2.45, 2.75) is 32.9 Å². The molecule has 1 aromatic carbocycles. The molecule has 0 aliphatic heterocycles. The number of nitrogens with one attached hydrogen (secondary N) is 1. The largest absolute Gasteiger partial charge is 0.480 e. The molecule has 0 heterocycles. The summed E-state index contributed by atoms with van der Waals surface area (Å²) in [5.41, 5.74) is 0.768. The topological polar surface area (TPSA) is 69.6 Å². The van der Waals surface area contributed by atoms with Crippen LogP contribution in [-0.2, 0) is 11.3 Å². The van der Waals surface area contributed by atoms with Gasteiger partial charge in [-0.15, -0.1) is 0 Å². The van der Waals surface area contributed by atoms with Gasteiger partial charge in [0.25, 0.3) is 0 Å². The fraction of sp³-hybridized carbons (Fsp3) is 0.467. The van der Waals surface area contributed by atoms with Gasteiger partial charge in [-0.05, 0) is 23.6 Å². The Morgan fingerprint density at radius 2 is 1.90 bits per heavy atom. The van der Waals surface area contributed by atoms with Gasteiger partial charge in [-0.25, -0.2) is 14.0 Å². The summed E-state index contributed by atoms with van der Waals surface area (Å²) in [6.07, 6.45) is 0.652. The minimum atomic E-state index is -1.05. The maximum absolute atomic E-state index is 12.8. The number of hydrogen-bond donors (Lipinski definition) is 2. The Labute approximate surface area is 123 Å². The molecule has 2 amide bonds. The van der Waals surface area contributed by atoms with Gasteiger partial charge >= 0.3 is 12.0 Å². The molecule has 2 N–H and O–H groups in total. The van der Waals surface area contributed by atoms with Crippen LogP contribution < -0.4 is 5.32 Å². The van der Waals surface area contributed by atoms with E-state index in [9.17, 15) is 14.0 Å². The van der Waals surface area contributed by atoms with E-state index in [4.69, 9.17) is 5.11 Å². The van der Waals surface area contributed by atoms with E-state index < -0.39 is 18.0 Å². The Balaban J connectivity index is 2.64. The first-order valence-corrected chi connectivity index (χ1v) is 6.84. The molecule has 0 saturated carbocycles. The third kappa shape index (κ3) is 5.06. The Bertz CT molecular complexity index is 490. The highest BCUT2D eigenvalue weighted by Crippen LogP contribution is 2.10. The van der Waals surface area contributed by atoms with Crippen molar-refractivity contribution >= 4 is 12.0 Å². The number of carboxylic acids is 1. The Kier molecular flexibility index (Phi) is 6.14. The van der Waals surface area contributed by atoms with Crippen LogP contribution in [0.2, 0.25) is 0 Å². The smallest absolute Gasteiger partial charge is 0.326 e. The average molecular weight is 296 g/mol. The van der Waals surface area contributed by atoms with E-state index in [1.165, 1.54) is 17.0 Å². The van der Waals surface area contributed by atoms with Crippen LogP contribution in [-0.4, -0.2) is 35.1 Å². The van der Waals surface area contributed by atoms with Gasteiger partial charge in [-0.2, -0.15) is 0 Å². The van der Waals surface area contributed by atoms with E-state index in [0.717, 1.165) is 5.56 Å². The lowest BCUT2D eigenvalue weighted by Gasteiger charge is -2.24. The molecule has 0 fully saturated rings. The fourth-order valence-electron chi connectivity index (χ4n) is 1.86. The van der Waals surface area contributed by atoms with Crippen LogP contribution >= 0.6 is 0 Å². The van der Waals surface area contributed by atoms with Crippen molar-refractivity contribution in [3.05, 3.63) is 35.6 Å². The van der Waals surface area contributed by atoms with Crippen molar-refractivity contribution in [3.63, 3.8) is 0 Å². The predicted molar refractivity (Wildman–Crippen MR) is 77.3 cm³/mol. The maximum atomic E-state index is 12.8. The zero-order chi connectivity index (χ0) is 16.0. The summed E-state index contributed by atoms with van der Waals surface area (Å²) >= 11 is 0. The molecule has 0 aliphatic rings. The molecule has 0 spiro atoms. The average Bonchev–Trinajstić information content (AvgIpc) is 2.45. The molecule has 0 radical (unpaired) electrons. The summed E-state index contributed by atoms with van der Waals surface area (Å²) in [7, 11) is 1.56. The number of nitrogens with zero attached hydrogens (tertiary/aromatic N) is 1. The van der Waals surface area contributed by atoms with Gasteiger partial charge in [0.15, 0.2) is 0 Å². The van der Waals surface area contributed by atoms with E-state index in [-0.39, 0.29) is 18.3 Å². The number of urea groups is 1. The van der Waals surface area contributed by atoms with Crippen molar-refractivity contribution in [3.8, 4) is 0 Å². The minimum absolute atomic E-state index is 0.161. The van der Waals surface area contributed by atoms with Gasteiger partial charge in [-0.1, -0.05) is 32.4 Å². The van der Waals surface area contributed by atoms with Crippen molar-refractivity contribution < 1.29 is 19.1 Å². The minimum Gasteiger partial charge on any atom is -0.480 e. The van der Waals surface area contributed by atoms with Crippen LogP contribution in [0, 0.1) is 11.7 Å². The zero-order valence-electron chi connectivity index (χ0n) is 12.5. The molecule has 21 heavy (non-hydrogen) atoms. The summed E-state index contributed by atoms with van der Waals surface area (Å²) in [4.78, 5) is 24.6. The molecule has 0 aromatic heterocycles. The number of benzene rings is 1. The number of hydrogen-bond acceptors (Lipinski definition) is 2.